The van der Waals surface area contributed by atoms with Crippen LogP contribution in [0.5, 0.6) is 23.0 Å². The van der Waals surface area contributed by atoms with E-state index in [1.54, 1.807) is 19.1 Å². The normalized spacial score (nSPS) is 11.6. The maximum Gasteiger partial charge on any atom is 0.123 e. The fourth-order valence-corrected chi connectivity index (χ4v) is 2.40. The second-order valence-electron chi connectivity index (χ2n) is 8.36. The van der Waals surface area contributed by atoms with Crippen molar-refractivity contribution in [3.05, 3.63) is 47.0 Å². The van der Waals surface area contributed by atoms with Gasteiger partial charge in [0, 0.05) is 11.1 Å². The van der Waals surface area contributed by atoms with Crippen molar-refractivity contribution in [3.8, 4) is 23.0 Å². The number of phenols is 4. The molecule has 0 radical (unpaired) electrons. The lowest BCUT2D eigenvalue weighted by molar-refractivity contribution is 0.413. The molecule has 0 aromatic heterocycles. The molecule has 0 atom stereocenters. The molecule has 4 nitrogen and oxygen atoms in total. The highest BCUT2D eigenvalue weighted by molar-refractivity contribution is 5.51. The highest BCUT2D eigenvalue weighted by Crippen LogP contribution is 2.41. The van der Waals surface area contributed by atoms with Gasteiger partial charge in [-0.1, -0.05) is 41.5 Å². The summed E-state index contributed by atoms with van der Waals surface area (Å²) < 4.78 is 0. The van der Waals surface area contributed by atoms with E-state index < -0.39 is 0 Å². The van der Waals surface area contributed by atoms with Crippen LogP contribution in [0.1, 0.15) is 58.2 Å². The van der Waals surface area contributed by atoms with Crippen molar-refractivity contribution in [2.24, 2.45) is 0 Å². The quantitative estimate of drug-likeness (QED) is 0.500. The molecule has 0 amide bonds. The van der Waals surface area contributed by atoms with Crippen LogP contribution in [0.4, 0.5) is 0 Å². The van der Waals surface area contributed by atoms with Crippen LogP contribution in [-0.2, 0) is 10.8 Å². The van der Waals surface area contributed by atoms with E-state index in [-0.39, 0.29) is 28.1 Å². The van der Waals surface area contributed by atoms with Crippen LogP contribution >= 0.6 is 0 Å². The molecule has 0 saturated heterocycles. The summed E-state index contributed by atoms with van der Waals surface area (Å²) in [4.78, 5) is 0. The Morgan fingerprint density at radius 1 is 0.640 bits per heavy atom. The van der Waals surface area contributed by atoms with Crippen molar-refractivity contribution in [2.75, 3.05) is 0 Å². The topological polar surface area (TPSA) is 80.9 Å². The Labute approximate surface area is 150 Å². The van der Waals surface area contributed by atoms with Crippen LogP contribution in [0.15, 0.2) is 30.3 Å². The molecule has 0 aliphatic carbocycles. The van der Waals surface area contributed by atoms with Gasteiger partial charge in [-0.15, -0.1) is 0 Å². The summed E-state index contributed by atoms with van der Waals surface area (Å²) in [6.45, 7) is 13.9. The van der Waals surface area contributed by atoms with E-state index in [1.807, 2.05) is 41.5 Å². The Balaban J connectivity index is 0.000000293. The number of benzene rings is 2. The lowest BCUT2D eigenvalue weighted by Crippen LogP contribution is -2.16. The molecule has 0 heterocycles. The summed E-state index contributed by atoms with van der Waals surface area (Å²) >= 11 is 0. The molecule has 0 aliphatic rings. The van der Waals surface area contributed by atoms with Crippen molar-refractivity contribution in [1.29, 1.82) is 0 Å². The van der Waals surface area contributed by atoms with Crippen LogP contribution in [0.3, 0.4) is 0 Å². The summed E-state index contributed by atoms with van der Waals surface area (Å²) in [7, 11) is 0. The van der Waals surface area contributed by atoms with Gasteiger partial charge in [0.1, 0.15) is 23.0 Å². The van der Waals surface area contributed by atoms with Crippen molar-refractivity contribution in [1.82, 2.24) is 0 Å². The first kappa shape index (κ1) is 20.7. The molecular formula is C21H30O4. The van der Waals surface area contributed by atoms with Crippen molar-refractivity contribution >= 4 is 0 Å². The molecule has 138 valence electrons. The number of aromatic hydroxyl groups is 4. The Morgan fingerprint density at radius 3 is 1.40 bits per heavy atom. The number of aryl methyl sites for hydroxylation is 1. The fourth-order valence-electron chi connectivity index (χ4n) is 2.40. The van der Waals surface area contributed by atoms with Gasteiger partial charge in [-0.2, -0.15) is 0 Å². The molecule has 0 spiro atoms. The zero-order chi connectivity index (χ0) is 19.6. The highest BCUT2D eigenvalue weighted by atomic mass is 16.3. The van der Waals surface area contributed by atoms with Crippen molar-refractivity contribution in [3.63, 3.8) is 0 Å². The van der Waals surface area contributed by atoms with Crippen LogP contribution in [0, 0.1) is 6.92 Å². The summed E-state index contributed by atoms with van der Waals surface area (Å²) in [5.74, 6) is 0.920. The standard InChI is InChI=1S/C14H22O2.C7H8O2/c1-13(2,3)10-7-9(15)8-11(12(10)16)14(4,5)6;1-5-4-6(8)2-3-7(5)9/h7-8,15-16H,1-6H3;2-4,8-9H,1H3. The highest BCUT2D eigenvalue weighted by Gasteiger charge is 2.26. The van der Waals surface area contributed by atoms with Gasteiger partial charge in [-0.05, 0) is 53.6 Å². The Morgan fingerprint density at radius 2 is 1.08 bits per heavy atom. The number of hydrogen-bond acceptors (Lipinski definition) is 4. The van der Waals surface area contributed by atoms with Gasteiger partial charge >= 0.3 is 0 Å². The largest absolute Gasteiger partial charge is 0.508 e. The lowest BCUT2D eigenvalue weighted by atomic mass is 9.79. The van der Waals surface area contributed by atoms with E-state index >= 15 is 0 Å². The second kappa shape index (κ2) is 7.26. The average Bonchev–Trinajstić information content (AvgIpc) is 2.44. The first-order valence-corrected chi connectivity index (χ1v) is 8.29. The number of rotatable bonds is 0. The third kappa shape index (κ3) is 5.59. The van der Waals surface area contributed by atoms with E-state index in [2.05, 4.69) is 0 Å². The second-order valence-corrected chi connectivity index (χ2v) is 8.36. The molecule has 0 bridgehead atoms. The molecule has 4 heteroatoms. The van der Waals surface area contributed by atoms with Crippen LogP contribution in [0.2, 0.25) is 0 Å². The predicted molar refractivity (Wildman–Crippen MR) is 102 cm³/mol. The van der Waals surface area contributed by atoms with E-state index in [0.29, 0.717) is 11.3 Å². The van der Waals surface area contributed by atoms with Gasteiger partial charge < -0.3 is 20.4 Å². The number of hydrogen-bond donors (Lipinski definition) is 4. The van der Waals surface area contributed by atoms with Gasteiger partial charge in [0.25, 0.3) is 0 Å². The molecule has 2 aromatic rings. The fraction of sp³-hybridized carbons (Fsp3) is 0.429. The van der Waals surface area contributed by atoms with Gasteiger partial charge in [0.2, 0.25) is 0 Å². The van der Waals surface area contributed by atoms with Gasteiger partial charge in [0.05, 0.1) is 0 Å². The maximum atomic E-state index is 10.3. The van der Waals surface area contributed by atoms with Crippen LogP contribution in [-0.4, -0.2) is 20.4 Å². The first-order valence-electron chi connectivity index (χ1n) is 8.29. The van der Waals surface area contributed by atoms with Crippen LogP contribution < -0.4 is 0 Å². The number of phenolic OH excluding ortho intramolecular Hbond substituents is 4. The molecule has 0 fully saturated rings. The maximum absolute atomic E-state index is 10.3. The van der Waals surface area contributed by atoms with Crippen LogP contribution in [0.25, 0.3) is 0 Å². The smallest absolute Gasteiger partial charge is 0.123 e. The molecule has 4 N–H and O–H groups in total. The predicted octanol–water partition coefficient (Wildman–Crippen LogP) is 5.10. The summed E-state index contributed by atoms with van der Waals surface area (Å²) in [6.07, 6.45) is 0. The van der Waals surface area contributed by atoms with E-state index in [9.17, 15) is 10.2 Å². The molecule has 2 rings (SSSR count). The summed E-state index contributed by atoms with van der Waals surface area (Å²) in [5.41, 5.74) is 1.91. The van der Waals surface area contributed by atoms with E-state index in [4.69, 9.17) is 10.2 Å². The van der Waals surface area contributed by atoms with Crippen molar-refractivity contribution < 1.29 is 20.4 Å². The minimum absolute atomic E-state index is 0.178. The first-order chi connectivity index (χ1) is 11.2. The van der Waals surface area contributed by atoms with Gasteiger partial charge in [-0.25, -0.2) is 0 Å². The molecule has 0 unspecified atom stereocenters. The van der Waals surface area contributed by atoms with Gasteiger partial charge in [0.15, 0.2) is 0 Å². The van der Waals surface area contributed by atoms with Crippen molar-refractivity contribution in [2.45, 2.75) is 59.3 Å². The zero-order valence-electron chi connectivity index (χ0n) is 16.2. The minimum Gasteiger partial charge on any atom is -0.508 e. The summed E-state index contributed by atoms with van der Waals surface area (Å²) in [5, 5.41) is 37.8. The van der Waals surface area contributed by atoms with E-state index in [0.717, 1.165) is 11.1 Å². The Kier molecular flexibility index (Phi) is 6.00. The zero-order valence-corrected chi connectivity index (χ0v) is 16.2. The monoisotopic (exact) mass is 346 g/mol. The molecule has 0 aliphatic heterocycles. The average molecular weight is 346 g/mol. The third-order valence-corrected chi connectivity index (χ3v) is 3.89. The molecule has 25 heavy (non-hydrogen) atoms. The SMILES string of the molecule is CC(C)(C)c1cc(O)cc(C(C)(C)C)c1O.Cc1cc(O)ccc1O. The Hall–Kier alpha value is -2.36. The molecule has 0 saturated carbocycles. The minimum atomic E-state index is -0.178. The lowest BCUT2D eigenvalue weighted by Gasteiger charge is -2.27. The van der Waals surface area contributed by atoms with E-state index in [1.165, 1.54) is 18.2 Å². The molecular weight excluding hydrogens is 316 g/mol. The Bertz CT molecular complexity index is 700. The third-order valence-electron chi connectivity index (χ3n) is 3.89. The molecule has 2 aromatic carbocycles. The summed E-state index contributed by atoms with van der Waals surface area (Å²) in [6, 6.07) is 7.71. The van der Waals surface area contributed by atoms with Gasteiger partial charge in [-0.3, -0.25) is 0 Å².